The molecule has 0 unspecified atom stereocenters. The van der Waals surface area contributed by atoms with Gasteiger partial charge in [-0.15, -0.1) is 0 Å². The molecular weight excluding hydrogens is 396 g/mol. The summed E-state index contributed by atoms with van der Waals surface area (Å²) >= 11 is 1.35. The van der Waals surface area contributed by atoms with E-state index in [1.165, 1.54) is 11.8 Å². The zero-order valence-electron chi connectivity index (χ0n) is 17.2. The normalized spacial score (nSPS) is 10.6. The lowest BCUT2D eigenvalue weighted by Gasteiger charge is -2.10. The number of aromatic nitrogens is 2. The van der Waals surface area contributed by atoms with Crippen LogP contribution in [0, 0.1) is 6.92 Å². The van der Waals surface area contributed by atoms with Crippen LogP contribution in [0.3, 0.4) is 0 Å². The van der Waals surface area contributed by atoms with Gasteiger partial charge < -0.3 is 10.6 Å². The molecule has 0 saturated carbocycles. The maximum atomic E-state index is 12.4. The molecule has 0 spiro atoms. The van der Waals surface area contributed by atoms with Crippen LogP contribution in [0.5, 0.6) is 0 Å². The number of amides is 2. The number of carbonyl (C=O) groups is 2. The smallest absolute Gasteiger partial charge is 0.251 e. The first-order valence-electron chi connectivity index (χ1n) is 9.98. The van der Waals surface area contributed by atoms with Gasteiger partial charge in [-0.05, 0) is 43.2 Å². The first-order valence-corrected chi connectivity index (χ1v) is 11.0. The maximum absolute atomic E-state index is 12.4. The molecule has 7 heteroatoms. The zero-order chi connectivity index (χ0) is 21.3. The van der Waals surface area contributed by atoms with E-state index >= 15 is 0 Å². The molecule has 1 aromatic heterocycles. The number of benzene rings is 2. The number of para-hydroxylation sites is 1. The quantitative estimate of drug-likeness (QED) is 0.395. The van der Waals surface area contributed by atoms with E-state index in [1.54, 1.807) is 12.3 Å². The molecule has 0 fully saturated rings. The Labute approximate surface area is 181 Å². The molecule has 0 bridgehead atoms. The van der Waals surface area contributed by atoms with Crippen molar-refractivity contribution in [2.24, 2.45) is 0 Å². The van der Waals surface area contributed by atoms with Gasteiger partial charge in [0.1, 0.15) is 0 Å². The van der Waals surface area contributed by atoms with Crippen molar-refractivity contribution in [1.29, 1.82) is 0 Å². The molecule has 2 aromatic carbocycles. The highest BCUT2D eigenvalue weighted by Crippen LogP contribution is 2.22. The van der Waals surface area contributed by atoms with Gasteiger partial charge in [0.25, 0.3) is 5.91 Å². The molecule has 6 nitrogen and oxygen atoms in total. The summed E-state index contributed by atoms with van der Waals surface area (Å²) in [4.78, 5) is 29.1. The molecule has 156 valence electrons. The summed E-state index contributed by atoms with van der Waals surface area (Å²) in [5.41, 5.74) is 3.27. The molecule has 0 atom stereocenters. The van der Waals surface area contributed by atoms with Crippen LogP contribution in [0.25, 0.3) is 5.69 Å². The monoisotopic (exact) mass is 422 g/mol. The second-order valence-electron chi connectivity index (χ2n) is 6.89. The number of carbonyl (C=O) groups excluding carboxylic acids is 2. The number of unbranched alkanes of at least 4 members (excludes halogenated alkanes) is 1. The van der Waals surface area contributed by atoms with Crippen LogP contribution in [-0.4, -0.2) is 33.7 Å². The predicted molar refractivity (Wildman–Crippen MR) is 121 cm³/mol. The molecule has 3 aromatic rings. The van der Waals surface area contributed by atoms with Crippen molar-refractivity contribution in [2.45, 2.75) is 31.8 Å². The zero-order valence-corrected chi connectivity index (χ0v) is 18.0. The lowest BCUT2D eigenvalue weighted by Crippen LogP contribution is -2.24. The van der Waals surface area contributed by atoms with Crippen LogP contribution < -0.4 is 10.6 Å². The lowest BCUT2D eigenvalue weighted by atomic mass is 10.2. The summed E-state index contributed by atoms with van der Waals surface area (Å²) in [5.74, 6) is 0.0628. The van der Waals surface area contributed by atoms with Gasteiger partial charge in [0.05, 0.1) is 5.75 Å². The standard InChI is InChI=1S/C23H26N4O2S/c1-3-4-12-24-22(29)18-9-7-10-19(15-18)27-14-13-25-23(27)30-16-21(28)26-20-11-6-5-8-17(20)2/h5-11,13-15H,3-4,12,16H2,1-2H3,(H,24,29)(H,26,28). The van der Waals surface area contributed by atoms with Gasteiger partial charge in [0.2, 0.25) is 5.91 Å². The molecule has 0 aliphatic rings. The third kappa shape index (κ3) is 5.73. The van der Waals surface area contributed by atoms with Crippen molar-refractivity contribution in [3.05, 3.63) is 72.1 Å². The van der Waals surface area contributed by atoms with Gasteiger partial charge in [-0.2, -0.15) is 0 Å². The van der Waals surface area contributed by atoms with Crippen LogP contribution in [0.1, 0.15) is 35.7 Å². The van der Waals surface area contributed by atoms with Crippen molar-refractivity contribution < 1.29 is 9.59 Å². The Morgan fingerprint density at radius 3 is 2.77 bits per heavy atom. The predicted octanol–water partition coefficient (Wildman–Crippen LogP) is 4.44. The minimum atomic E-state index is -0.0899. The van der Waals surface area contributed by atoms with E-state index in [9.17, 15) is 9.59 Å². The summed E-state index contributed by atoms with van der Waals surface area (Å²) in [7, 11) is 0. The summed E-state index contributed by atoms with van der Waals surface area (Å²) < 4.78 is 1.88. The van der Waals surface area contributed by atoms with Crippen molar-refractivity contribution >= 4 is 29.3 Å². The number of nitrogens with zero attached hydrogens (tertiary/aromatic N) is 2. The highest BCUT2D eigenvalue weighted by Gasteiger charge is 2.12. The SMILES string of the molecule is CCCCNC(=O)c1cccc(-n2ccnc2SCC(=O)Nc2ccccc2C)c1. The van der Waals surface area contributed by atoms with Crippen molar-refractivity contribution in [3.63, 3.8) is 0 Å². The molecule has 0 saturated heterocycles. The summed E-state index contributed by atoms with van der Waals surface area (Å²) in [5, 5.41) is 6.56. The van der Waals surface area contributed by atoms with E-state index in [0.717, 1.165) is 29.8 Å². The van der Waals surface area contributed by atoms with Gasteiger partial charge in [-0.25, -0.2) is 4.98 Å². The highest BCUT2D eigenvalue weighted by molar-refractivity contribution is 7.99. The number of hydrogen-bond acceptors (Lipinski definition) is 4. The summed E-state index contributed by atoms with van der Waals surface area (Å²) in [6.45, 7) is 4.72. The number of anilines is 1. The van der Waals surface area contributed by atoms with Gasteiger partial charge in [0.15, 0.2) is 5.16 Å². The number of imidazole rings is 1. The largest absolute Gasteiger partial charge is 0.352 e. The van der Waals surface area contributed by atoms with Crippen molar-refractivity contribution in [1.82, 2.24) is 14.9 Å². The fraction of sp³-hybridized carbons (Fsp3) is 0.261. The molecule has 0 aliphatic carbocycles. The Morgan fingerprint density at radius 1 is 1.13 bits per heavy atom. The molecule has 3 rings (SSSR count). The van der Waals surface area contributed by atoms with Gasteiger partial charge in [-0.3, -0.25) is 14.2 Å². The first-order chi connectivity index (χ1) is 14.6. The Hall–Kier alpha value is -3.06. The highest BCUT2D eigenvalue weighted by atomic mass is 32.2. The molecular formula is C23H26N4O2S. The third-order valence-corrected chi connectivity index (χ3v) is 5.53. The summed E-state index contributed by atoms with van der Waals surface area (Å²) in [6.07, 6.45) is 5.51. The molecule has 1 heterocycles. The van der Waals surface area contributed by atoms with Crippen LogP contribution in [-0.2, 0) is 4.79 Å². The van der Waals surface area contributed by atoms with E-state index in [-0.39, 0.29) is 17.6 Å². The second kappa shape index (κ2) is 10.6. The fourth-order valence-electron chi connectivity index (χ4n) is 2.90. The summed E-state index contributed by atoms with van der Waals surface area (Å²) in [6, 6.07) is 15.1. The van der Waals surface area contributed by atoms with Gasteiger partial charge in [0, 0.05) is 35.9 Å². The number of aryl methyl sites for hydroxylation is 1. The van der Waals surface area contributed by atoms with Crippen LogP contribution in [0.4, 0.5) is 5.69 Å². The minimum Gasteiger partial charge on any atom is -0.352 e. The van der Waals surface area contributed by atoms with E-state index in [2.05, 4.69) is 22.5 Å². The third-order valence-electron chi connectivity index (χ3n) is 4.56. The Balaban J connectivity index is 1.65. The average molecular weight is 423 g/mol. The molecule has 2 amide bonds. The van der Waals surface area contributed by atoms with Gasteiger partial charge >= 0.3 is 0 Å². The van der Waals surface area contributed by atoms with Crippen LogP contribution in [0.15, 0.2) is 66.1 Å². The van der Waals surface area contributed by atoms with E-state index in [4.69, 9.17) is 0 Å². The van der Waals surface area contributed by atoms with E-state index in [1.807, 2.05) is 60.2 Å². The molecule has 2 N–H and O–H groups in total. The number of hydrogen-bond donors (Lipinski definition) is 2. The van der Waals surface area contributed by atoms with E-state index < -0.39 is 0 Å². The Bertz CT molecular complexity index is 1020. The van der Waals surface area contributed by atoms with Crippen molar-refractivity contribution in [2.75, 3.05) is 17.6 Å². The van der Waals surface area contributed by atoms with E-state index in [0.29, 0.717) is 17.3 Å². The maximum Gasteiger partial charge on any atom is 0.251 e. The van der Waals surface area contributed by atoms with Crippen LogP contribution >= 0.6 is 11.8 Å². The Kier molecular flexibility index (Phi) is 7.68. The molecule has 30 heavy (non-hydrogen) atoms. The Morgan fingerprint density at radius 2 is 1.97 bits per heavy atom. The van der Waals surface area contributed by atoms with Crippen LogP contribution in [0.2, 0.25) is 0 Å². The number of thioether (sulfide) groups is 1. The second-order valence-corrected chi connectivity index (χ2v) is 7.83. The average Bonchev–Trinajstić information content (AvgIpc) is 3.23. The molecule has 0 aliphatic heterocycles. The topological polar surface area (TPSA) is 76.0 Å². The van der Waals surface area contributed by atoms with Crippen molar-refractivity contribution in [3.8, 4) is 5.69 Å². The fourth-order valence-corrected chi connectivity index (χ4v) is 3.67. The lowest BCUT2D eigenvalue weighted by molar-refractivity contribution is -0.113. The molecule has 0 radical (unpaired) electrons. The minimum absolute atomic E-state index is 0.0859. The number of nitrogens with one attached hydrogen (secondary N) is 2. The van der Waals surface area contributed by atoms with Gasteiger partial charge in [-0.1, -0.05) is 49.4 Å². The first kappa shape index (κ1) is 21.6. The number of rotatable bonds is 9.